The summed E-state index contributed by atoms with van der Waals surface area (Å²) < 4.78 is 0. The largest absolute Gasteiger partial charge is 0.477 e. The van der Waals surface area contributed by atoms with Crippen LogP contribution in [0.3, 0.4) is 0 Å². The predicted molar refractivity (Wildman–Crippen MR) is 63.8 cm³/mol. The van der Waals surface area contributed by atoms with Crippen LogP contribution in [0.1, 0.15) is 33.8 Å². The Bertz CT molecular complexity index is 593. The summed E-state index contributed by atoms with van der Waals surface area (Å²) in [5.41, 5.74) is -0.653. The molecule has 2 heterocycles. The van der Waals surface area contributed by atoms with E-state index in [0.717, 1.165) is 11.2 Å². The number of imidazole rings is 1. The minimum absolute atomic E-state index is 0.138. The molecule has 3 amide bonds. The first-order valence-corrected chi connectivity index (χ1v) is 5.79. The van der Waals surface area contributed by atoms with E-state index in [1.807, 2.05) is 0 Å². The first-order chi connectivity index (χ1) is 9.41. The highest BCUT2D eigenvalue weighted by atomic mass is 16.4. The fourth-order valence-corrected chi connectivity index (χ4v) is 1.91. The minimum atomic E-state index is -1.32. The van der Waals surface area contributed by atoms with Gasteiger partial charge < -0.3 is 15.4 Å². The Morgan fingerprint density at radius 2 is 2.20 bits per heavy atom. The van der Waals surface area contributed by atoms with Crippen LogP contribution in [0.15, 0.2) is 6.33 Å². The number of nitrogens with one attached hydrogen (secondary N) is 2. The lowest BCUT2D eigenvalue weighted by atomic mass is 10.0. The van der Waals surface area contributed by atoms with Gasteiger partial charge in [-0.3, -0.25) is 19.3 Å². The van der Waals surface area contributed by atoms with Crippen LogP contribution in [-0.2, 0) is 9.59 Å². The molecule has 9 nitrogen and oxygen atoms in total. The van der Waals surface area contributed by atoms with Crippen molar-refractivity contribution in [2.45, 2.75) is 18.9 Å². The predicted octanol–water partition coefficient (Wildman–Crippen LogP) is -1.01. The maximum Gasteiger partial charge on any atom is 0.354 e. The van der Waals surface area contributed by atoms with E-state index in [1.165, 1.54) is 7.05 Å². The Labute approximate surface area is 113 Å². The van der Waals surface area contributed by atoms with Gasteiger partial charge in [-0.05, 0) is 6.42 Å². The van der Waals surface area contributed by atoms with Crippen molar-refractivity contribution in [3.8, 4) is 0 Å². The fraction of sp³-hybridized carbons (Fsp3) is 0.364. The summed E-state index contributed by atoms with van der Waals surface area (Å²) in [5, 5.41) is 11.3. The Morgan fingerprint density at radius 3 is 2.85 bits per heavy atom. The van der Waals surface area contributed by atoms with Gasteiger partial charge >= 0.3 is 5.97 Å². The summed E-state index contributed by atoms with van der Waals surface area (Å²) in [6.07, 6.45) is 1.40. The molecule has 3 N–H and O–H groups in total. The van der Waals surface area contributed by atoms with Crippen LogP contribution in [0, 0.1) is 0 Å². The van der Waals surface area contributed by atoms with Crippen LogP contribution in [0.4, 0.5) is 0 Å². The number of carboxylic acid groups (broad SMARTS) is 1. The number of amides is 3. The second-order valence-corrected chi connectivity index (χ2v) is 4.29. The number of hydrogen-bond acceptors (Lipinski definition) is 5. The zero-order chi connectivity index (χ0) is 14.9. The number of carboxylic acids is 1. The maximum atomic E-state index is 11.9. The van der Waals surface area contributed by atoms with Crippen molar-refractivity contribution in [1.29, 1.82) is 0 Å². The van der Waals surface area contributed by atoms with Crippen LogP contribution in [0.2, 0.25) is 0 Å². The molecule has 1 saturated heterocycles. The van der Waals surface area contributed by atoms with E-state index in [1.54, 1.807) is 0 Å². The number of aromatic amines is 1. The van der Waals surface area contributed by atoms with E-state index in [0.29, 0.717) is 0 Å². The summed E-state index contributed by atoms with van der Waals surface area (Å²) in [6, 6.07) is -0.858. The standard InChI is InChI=1S/C11H12N4O5/c1-15-6(16)3-2-5(10(15)18)14-9(17)7-8(11(19)20)13-4-12-7/h4-5H,2-3H2,1H3,(H,12,13)(H,14,17)(H,19,20). The molecule has 0 aromatic carbocycles. The number of rotatable bonds is 3. The molecule has 1 aromatic heterocycles. The first kappa shape index (κ1) is 13.7. The molecule has 0 spiro atoms. The van der Waals surface area contributed by atoms with Gasteiger partial charge in [0.15, 0.2) is 11.4 Å². The molecule has 1 aromatic rings. The Balaban J connectivity index is 2.12. The van der Waals surface area contributed by atoms with Crippen molar-refractivity contribution >= 4 is 23.7 Å². The molecule has 1 aliphatic rings. The van der Waals surface area contributed by atoms with Gasteiger partial charge in [0, 0.05) is 13.5 Å². The average molecular weight is 280 g/mol. The number of aromatic nitrogens is 2. The van der Waals surface area contributed by atoms with Gasteiger partial charge in [-0.1, -0.05) is 0 Å². The lowest BCUT2D eigenvalue weighted by Gasteiger charge is -2.27. The number of carbonyl (C=O) groups is 4. The lowest BCUT2D eigenvalue weighted by molar-refractivity contribution is -0.147. The summed E-state index contributed by atoms with van der Waals surface area (Å²) in [5.74, 6) is -2.94. The molecule has 0 radical (unpaired) electrons. The van der Waals surface area contributed by atoms with Crippen molar-refractivity contribution in [3.05, 3.63) is 17.7 Å². The van der Waals surface area contributed by atoms with Crippen LogP contribution in [0.5, 0.6) is 0 Å². The molecule has 1 fully saturated rings. The quantitative estimate of drug-likeness (QED) is 0.607. The van der Waals surface area contributed by atoms with Gasteiger partial charge in [0.05, 0.1) is 6.33 Å². The monoisotopic (exact) mass is 280 g/mol. The van der Waals surface area contributed by atoms with Gasteiger partial charge in [0.1, 0.15) is 6.04 Å². The molecule has 0 aliphatic carbocycles. The van der Waals surface area contributed by atoms with Gasteiger partial charge in [0.25, 0.3) is 11.8 Å². The van der Waals surface area contributed by atoms with Crippen LogP contribution >= 0.6 is 0 Å². The number of aromatic carboxylic acids is 1. The number of nitrogens with zero attached hydrogens (tertiary/aromatic N) is 2. The topological polar surface area (TPSA) is 132 Å². The fourth-order valence-electron chi connectivity index (χ4n) is 1.91. The first-order valence-electron chi connectivity index (χ1n) is 5.79. The molecule has 1 aliphatic heterocycles. The Kier molecular flexibility index (Phi) is 3.51. The molecule has 9 heteroatoms. The number of piperidine rings is 1. The summed E-state index contributed by atoms with van der Waals surface area (Å²) in [7, 11) is 1.33. The smallest absolute Gasteiger partial charge is 0.354 e. The molecule has 0 bridgehead atoms. The van der Waals surface area contributed by atoms with E-state index in [-0.39, 0.29) is 30.1 Å². The van der Waals surface area contributed by atoms with Crippen molar-refractivity contribution in [1.82, 2.24) is 20.2 Å². The highest BCUT2D eigenvalue weighted by molar-refractivity contribution is 6.06. The van der Waals surface area contributed by atoms with E-state index < -0.39 is 23.8 Å². The molecule has 106 valence electrons. The summed E-state index contributed by atoms with van der Waals surface area (Å²) in [6.45, 7) is 0. The van der Waals surface area contributed by atoms with Crippen LogP contribution in [0.25, 0.3) is 0 Å². The number of imide groups is 1. The van der Waals surface area contributed by atoms with Crippen LogP contribution in [-0.4, -0.2) is 56.8 Å². The molecule has 20 heavy (non-hydrogen) atoms. The third-order valence-electron chi connectivity index (χ3n) is 3.02. The summed E-state index contributed by atoms with van der Waals surface area (Å²) >= 11 is 0. The Morgan fingerprint density at radius 1 is 1.50 bits per heavy atom. The van der Waals surface area contributed by atoms with Crippen molar-refractivity contribution in [2.24, 2.45) is 0 Å². The minimum Gasteiger partial charge on any atom is -0.477 e. The number of hydrogen-bond donors (Lipinski definition) is 3. The number of carbonyl (C=O) groups excluding carboxylic acids is 3. The second kappa shape index (κ2) is 5.11. The van der Waals surface area contributed by atoms with E-state index in [9.17, 15) is 19.2 Å². The lowest BCUT2D eigenvalue weighted by Crippen LogP contribution is -2.53. The van der Waals surface area contributed by atoms with Gasteiger partial charge in [0.2, 0.25) is 5.91 Å². The molecular weight excluding hydrogens is 268 g/mol. The molecule has 2 rings (SSSR count). The average Bonchev–Trinajstić information content (AvgIpc) is 2.89. The maximum absolute atomic E-state index is 11.9. The second-order valence-electron chi connectivity index (χ2n) is 4.29. The molecular formula is C11H12N4O5. The van der Waals surface area contributed by atoms with E-state index in [2.05, 4.69) is 15.3 Å². The third-order valence-corrected chi connectivity index (χ3v) is 3.02. The number of likely N-dealkylation sites (tertiary alicyclic amines) is 1. The number of likely N-dealkylation sites (N-methyl/N-ethyl adjacent to an activating group) is 1. The normalized spacial score (nSPS) is 19.1. The molecule has 1 atom stereocenters. The molecule has 0 saturated carbocycles. The van der Waals surface area contributed by atoms with Crippen molar-refractivity contribution in [2.75, 3.05) is 7.05 Å². The third kappa shape index (κ3) is 2.37. The van der Waals surface area contributed by atoms with E-state index in [4.69, 9.17) is 5.11 Å². The van der Waals surface area contributed by atoms with Gasteiger partial charge in [-0.25, -0.2) is 9.78 Å². The zero-order valence-electron chi connectivity index (χ0n) is 10.5. The van der Waals surface area contributed by atoms with Gasteiger partial charge in [-0.15, -0.1) is 0 Å². The zero-order valence-corrected chi connectivity index (χ0v) is 10.5. The van der Waals surface area contributed by atoms with Gasteiger partial charge in [-0.2, -0.15) is 0 Å². The SMILES string of the molecule is CN1C(=O)CCC(NC(=O)c2nc[nH]c2C(=O)O)C1=O. The van der Waals surface area contributed by atoms with Crippen molar-refractivity contribution < 1.29 is 24.3 Å². The van der Waals surface area contributed by atoms with Crippen LogP contribution < -0.4 is 5.32 Å². The van der Waals surface area contributed by atoms with E-state index >= 15 is 0 Å². The highest BCUT2D eigenvalue weighted by Crippen LogP contribution is 2.12. The number of H-pyrrole nitrogens is 1. The Hall–Kier alpha value is -2.71. The summed E-state index contributed by atoms with van der Waals surface area (Å²) in [4.78, 5) is 52.8. The molecule has 1 unspecified atom stereocenters. The van der Waals surface area contributed by atoms with Crippen molar-refractivity contribution in [3.63, 3.8) is 0 Å². The highest BCUT2D eigenvalue weighted by Gasteiger charge is 2.33.